The molecule has 0 aliphatic rings. The van der Waals surface area contributed by atoms with E-state index in [-0.39, 0.29) is 11.9 Å². The van der Waals surface area contributed by atoms with Crippen LogP contribution in [0, 0.1) is 0 Å². The van der Waals surface area contributed by atoms with Crippen LogP contribution in [0.4, 0.5) is 0 Å². The third kappa shape index (κ3) is 8.46. The molecule has 0 spiro atoms. The summed E-state index contributed by atoms with van der Waals surface area (Å²) in [7, 11) is -1.68. The summed E-state index contributed by atoms with van der Waals surface area (Å²) < 4.78 is 6.23. The van der Waals surface area contributed by atoms with E-state index < -0.39 is 8.32 Å². The van der Waals surface area contributed by atoms with Gasteiger partial charge in [-0.3, -0.25) is 0 Å². The van der Waals surface area contributed by atoms with E-state index in [0.29, 0.717) is 12.8 Å². The number of ketones is 1. The van der Waals surface area contributed by atoms with Gasteiger partial charge < -0.3 is 9.22 Å². The Morgan fingerprint density at radius 2 is 1.85 bits per heavy atom. The second-order valence-corrected chi connectivity index (χ2v) is 10.5. The summed E-state index contributed by atoms with van der Waals surface area (Å²) in [6.07, 6.45) is 5.10. The SMILES string of the molecule is CCC(=C=O)C(CCCCCC(C)=O)O[Si](C)(C)CC. The summed E-state index contributed by atoms with van der Waals surface area (Å²) >= 11 is 0. The standard InChI is InChI=1S/C16H30O3Si/c1-6-15(13-17)16(19-20(4,5)7-2)12-10-8-9-11-14(3)18/h16H,6-12H2,1-5H3. The fourth-order valence-corrected chi connectivity index (χ4v) is 3.22. The van der Waals surface area contributed by atoms with Crippen LogP contribution in [0.2, 0.25) is 19.1 Å². The Morgan fingerprint density at radius 1 is 1.20 bits per heavy atom. The number of carbonyl (C=O) groups is 1. The first-order chi connectivity index (χ1) is 9.36. The molecule has 0 radical (unpaired) electrons. The monoisotopic (exact) mass is 298 g/mol. The van der Waals surface area contributed by atoms with Gasteiger partial charge in [0.25, 0.3) is 0 Å². The summed E-state index contributed by atoms with van der Waals surface area (Å²) in [5.74, 6) is 2.32. The van der Waals surface area contributed by atoms with Gasteiger partial charge in [0.15, 0.2) is 8.32 Å². The van der Waals surface area contributed by atoms with Gasteiger partial charge in [-0.25, -0.2) is 4.79 Å². The van der Waals surface area contributed by atoms with Crippen LogP contribution >= 0.6 is 0 Å². The predicted molar refractivity (Wildman–Crippen MR) is 86.1 cm³/mol. The highest BCUT2D eigenvalue weighted by molar-refractivity contribution is 6.71. The Balaban J connectivity index is 4.40. The van der Waals surface area contributed by atoms with Crippen molar-refractivity contribution in [3.8, 4) is 0 Å². The third-order valence-electron chi connectivity index (χ3n) is 3.71. The molecule has 0 amide bonds. The summed E-state index contributed by atoms with van der Waals surface area (Å²) in [5, 5.41) is 0. The Morgan fingerprint density at radius 3 is 2.30 bits per heavy atom. The van der Waals surface area contributed by atoms with Gasteiger partial charge in [0.1, 0.15) is 11.7 Å². The summed E-state index contributed by atoms with van der Waals surface area (Å²) in [4.78, 5) is 22.0. The molecule has 0 aromatic heterocycles. The van der Waals surface area contributed by atoms with Crippen molar-refractivity contribution in [1.82, 2.24) is 0 Å². The van der Waals surface area contributed by atoms with Crippen molar-refractivity contribution < 1.29 is 14.0 Å². The molecular formula is C16H30O3Si. The lowest BCUT2D eigenvalue weighted by molar-refractivity contribution is -0.117. The van der Waals surface area contributed by atoms with E-state index in [2.05, 4.69) is 26.0 Å². The zero-order valence-electron chi connectivity index (χ0n) is 13.8. The molecule has 1 unspecified atom stereocenters. The largest absolute Gasteiger partial charge is 0.410 e. The van der Waals surface area contributed by atoms with Crippen LogP contribution in [0.5, 0.6) is 0 Å². The molecule has 0 bridgehead atoms. The first-order valence-electron chi connectivity index (χ1n) is 7.77. The second kappa shape index (κ2) is 10.1. The highest BCUT2D eigenvalue weighted by Gasteiger charge is 2.26. The highest BCUT2D eigenvalue weighted by atomic mass is 28.4. The molecule has 116 valence electrons. The number of rotatable bonds is 11. The van der Waals surface area contributed by atoms with Gasteiger partial charge in [-0.1, -0.05) is 26.7 Å². The van der Waals surface area contributed by atoms with E-state index in [1.165, 1.54) is 0 Å². The lowest BCUT2D eigenvalue weighted by Crippen LogP contribution is -2.35. The molecule has 0 rings (SSSR count). The van der Waals surface area contributed by atoms with Crippen molar-refractivity contribution in [2.45, 2.75) is 84.5 Å². The van der Waals surface area contributed by atoms with Crippen molar-refractivity contribution in [3.63, 3.8) is 0 Å². The molecule has 0 N–H and O–H groups in total. The molecule has 0 saturated heterocycles. The maximum Gasteiger partial charge on any atom is 0.187 e. The molecular weight excluding hydrogens is 268 g/mol. The molecule has 0 aromatic carbocycles. The minimum absolute atomic E-state index is 0.0727. The summed E-state index contributed by atoms with van der Waals surface area (Å²) in [5.41, 5.74) is 0.755. The third-order valence-corrected chi connectivity index (χ3v) is 6.33. The van der Waals surface area contributed by atoms with Crippen molar-refractivity contribution in [3.05, 3.63) is 5.57 Å². The zero-order valence-corrected chi connectivity index (χ0v) is 14.8. The van der Waals surface area contributed by atoms with Gasteiger partial charge >= 0.3 is 0 Å². The molecule has 0 aliphatic heterocycles. The van der Waals surface area contributed by atoms with Crippen LogP contribution in [0.1, 0.15) is 59.3 Å². The van der Waals surface area contributed by atoms with Gasteiger partial charge in [-0.15, -0.1) is 0 Å². The van der Waals surface area contributed by atoms with E-state index in [0.717, 1.165) is 37.3 Å². The lowest BCUT2D eigenvalue weighted by atomic mass is 10.0. The quantitative estimate of drug-likeness (QED) is 0.324. The molecule has 4 heteroatoms. The fourth-order valence-electron chi connectivity index (χ4n) is 2.02. The Hall–Kier alpha value is -0.703. The molecule has 0 heterocycles. The second-order valence-electron chi connectivity index (χ2n) is 6.00. The molecule has 1 atom stereocenters. The van der Waals surface area contributed by atoms with Gasteiger partial charge in [-0.05, 0) is 45.3 Å². The van der Waals surface area contributed by atoms with Crippen molar-refractivity contribution in [2.75, 3.05) is 0 Å². The van der Waals surface area contributed by atoms with Gasteiger partial charge in [-0.2, -0.15) is 0 Å². The number of Topliss-reactive ketones (excluding diaryl/α,β-unsaturated/α-hetero) is 1. The van der Waals surface area contributed by atoms with Crippen LogP contribution in [0.25, 0.3) is 0 Å². The predicted octanol–water partition coefficient (Wildman–Crippen LogP) is 4.30. The molecule has 0 saturated carbocycles. The van der Waals surface area contributed by atoms with Crippen molar-refractivity contribution in [2.24, 2.45) is 0 Å². The zero-order chi connectivity index (χ0) is 15.6. The fraction of sp³-hybridized carbons (Fsp3) is 0.812. The van der Waals surface area contributed by atoms with E-state index in [1.807, 2.05) is 6.92 Å². The minimum atomic E-state index is -1.68. The average molecular weight is 298 g/mol. The Kier molecular flexibility index (Phi) is 9.73. The highest BCUT2D eigenvalue weighted by Crippen LogP contribution is 2.22. The molecule has 0 fully saturated rings. The van der Waals surface area contributed by atoms with Crippen LogP contribution in [-0.2, 0) is 14.0 Å². The van der Waals surface area contributed by atoms with Gasteiger partial charge in [0.2, 0.25) is 0 Å². The number of hydrogen-bond donors (Lipinski definition) is 0. The molecule has 3 nitrogen and oxygen atoms in total. The molecule has 0 aromatic rings. The number of unbranched alkanes of at least 4 members (excludes halogenated alkanes) is 2. The summed E-state index contributed by atoms with van der Waals surface area (Å²) in [6, 6.07) is 1.05. The number of carbonyl (C=O) groups excluding carboxylic acids is 2. The van der Waals surface area contributed by atoms with Gasteiger partial charge in [0, 0.05) is 12.0 Å². The van der Waals surface area contributed by atoms with Crippen LogP contribution in [-0.4, -0.2) is 26.1 Å². The van der Waals surface area contributed by atoms with Crippen LogP contribution < -0.4 is 0 Å². The van der Waals surface area contributed by atoms with Crippen molar-refractivity contribution >= 4 is 20.0 Å². The van der Waals surface area contributed by atoms with Crippen LogP contribution in [0.15, 0.2) is 5.57 Å². The smallest absolute Gasteiger partial charge is 0.187 e. The number of hydrogen-bond acceptors (Lipinski definition) is 3. The minimum Gasteiger partial charge on any atom is -0.410 e. The Labute approximate surface area is 124 Å². The Bertz CT molecular complexity index is 344. The van der Waals surface area contributed by atoms with E-state index >= 15 is 0 Å². The summed E-state index contributed by atoms with van der Waals surface area (Å²) in [6.45, 7) is 10.1. The molecule has 20 heavy (non-hydrogen) atoms. The lowest BCUT2D eigenvalue weighted by Gasteiger charge is -2.29. The average Bonchev–Trinajstić information content (AvgIpc) is 2.38. The van der Waals surface area contributed by atoms with E-state index in [1.54, 1.807) is 6.92 Å². The van der Waals surface area contributed by atoms with Crippen LogP contribution in [0.3, 0.4) is 0 Å². The topological polar surface area (TPSA) is 43.4 Å². The van der Waals surface area contributed by atoms with E-state index in [9.17, 15) is 9.59 Å². The van der Waals surface area contributed by atoms with E-state index in [4.69, 9.17) is 4.43 Å². The maximum atomic E-state index is 11.1. The van der Waals surface area contributed by atoms with Gasteiger partial charge in [0.05, 0.1) is 6.10 Å². The maximum absolute atomic E-state index is 11.1. The molecule has 0 aliphatic carbocycles. The van der Waals surface area contributed by atoms with Crippen molar-refractivity contribution in [1.29, 1.82) is 0 Å². The first-order valence-corrected chi connectivity index (χ1v) is 10.9. The normalized spacial score (nSPS) is 12.8. The first kappa shape index (κ1) is 19.3.